The second-order valence-corrected chi connectivity index (χ2v) is 1.00. The fourth-order valence-electron chi connectivity index (χ4n) is 0.129. The van der Waals surface area contributed by atoms with E-state index in [2.05, 4.69) is 0 Å². The summed E-state index contributed by atoms with van der Waals surface area (Å²) >= 11 is 0. The van der Waals surface area contributed by atoms with Gasteiger partial charge < -0.3 is 0 Å². The number of carbonyl (C=O) groups excluding carboxylic acids is 1. The third-order valence-corrected chi connectivity index (χ3v) is 0.506. The van der Waals surface area contributed by atoms with Gasteiger partial charge in [-0.2, -0.15) is 0 Å². The molecule has 1 amide bonds. The summed E-state index contributed by atoms with van der Waals surface area (Å²) in [4.78, 5) is 18.3. The predicted octanol–water partition coefficient (Wildman–Crippen LogP) is 0.200. The van der Waals surface area contributed by atoms with Crippen molar-refractivity contribution in [3.63, 3.8) is 0 Å². The third-order valence-electron chi connectivity index (χ3n) is 0.506. The van der Waals surface area contributed by atoms with E-state index < -0.39 is 10.8 Å². The van der Waals surface area contributed by atoms with E-state index in [0.29, 0.717) is 0 Å². The second-order valence-electron chi connectivity index (χ2n) is 1.00. The van der Waals surface area contributed by atoms with Crippen molar-refractivity contribution in [2.75, 3.05) is 0 Å². The van der Waals surface area contributed by atoms with Crippen molar-refractivity contribution < 1.29 is 9.72 Å². The van der Waals surface area contributed by atoms with Crippen molar-refractivity contribution in [3.05, 3.63) is 10.1 Å². The summed E-state index contributed by atoms with van der Waals surface area (Å²) in [5.41, 5.74) is 0. The zero-order valence-corrected chi connectivity index (χ0v) is 3.88. The average molecular weight is 103 g/mol. The van der Waals surface area contributed by atoms with Gasteiger partial charge in [-0.25, -0.2) is 4.79 Å². The Morgan fingerprint density at radius 1 is 1.86 bits per heavy atom. The highest BCUT2D eigenvalue weighted by atomic mass is 16.6. The molecule has 0 aliphatic rings. The maximum Gasteiger partial charge on any atom is 0.444 e. The summed E-state index contributed by atoms with van der Waals surface area (Å²) in [7, 11) is 0. The molecule has 0 heterocycles. The van der Waals surface area contributed by atoms with Gasteiger partial charge >= 0.3 is 5.91 Å². The Bertz CT molecular complexity index is 98.4. The van der Waals surface area contributed by atoms with E-state index in [1.165, 1.54) is 6.92 Å². The highest BCUT2D eigenvalue weighted by Gasteiger charge is 2.07. The molecule has 0 aliphatic heterocycles. The van der Waals surface area contributed by atoms with Gasteiger partial charge in [0.1, 0.15) is 4.92 Å². The minimum Gasteiger partial charge on any atom is -0.256 e. The largest absolute Gasteiger partial charge is 0.444 e. The molecule has 0 saturated heterocycles. The van der Waals surface area contributed by atoms with Gasteiger partial charge in [0, 0.05) is 0 Å². The molecule has 7 heavy (non-hydrogen) atoms. The van der Waals surface area contributed by atoms with Gasteiger partial charge in [-0.1, -0.05) is 6.92 Å². The molecule has 0 aromatic heterocycles. The van der Waals surface area contributed by atoms with Gasteiger partial charge in [0.25, 0.3) is 0 Å². The van der Waals surface area contributed by atoms with E-state index in [9.17, 15) is 14.9 Å². The molecule has 0 aromatic rings. The molecule has 0 N–H and O–H groups in total. The van der Waals surface area contributed by atoms with Crippen LogP contribution in [-0.4, -0.2) is 10.8 Å². The van der Waals surface area contributed by atoms with Crippen LogP contribution >= 0.6 is 0 Å². The molecule has 4 heteroatoms. The Hall–Kier alpha value is -0.930. The number of nitrogens with zero attached hydrogens (tertiary/aromatic N) is 1. The van der Waals surface area contributed by atoms with Crippen LogP contribution in [0.1, 0.15) is 13.3 Å². The lowest BCUT2D eigenvalue weighted by Gasteiger charge is -1.78. The Morgan fingerprint density at radius 3 is 2.29 bits per heavy atom. The van der Waals surface area contributed by atoms with Gasteiger partial charge in [0.05, 0.1) is 6.42 Å². The minimum atomic E-state index is -0.931. The molecular formula is C3H5NO3. The minimum absolute atomic E-state index is 0.0208. The predicted molar refractivity (Wildman–Crippen MR) is 22.3 cm³/mol. The normalized spacial score (nSPS) is 8.14. The van der Waals surface area contributed by atoms with Crippen LogP contribution in [0, 0.1) is 10.1 Å². The Balaban J connectivity index is 3.58. The first-order chi connectivity index (χ1) is 3.18. The molecule has 0 rings (SSSR count). The van der Waals surface area contributed by atoms with Crippen molar-refractivity contribution in [2.24, 2.45) is 0 Å². The van der Waals surface area contributed by atoms with Crippen LogP contribution in [0.4, 0.5) is 0 Å². The van der Waals surface area contributed by atoms with Crippen LogP contribution in [0.5, 0.6) is 0 Å². The van der Waals surface area contributed by atoms with E-state index in [-0.39, 0.29) is 6.42 Å². The van der Waals surface area contributed by atoms with Crippen molar-refractivity contribution in [1.29, 1.82) is 0 Å². The first-order valence-corrected chi connectivity index (χ1v) is 1.85. The molecule has 4 nitrogen and oxygen atoms in total. The van der Waals surface area contributed by atoms with Crippen molar-refractivity contribution in [2.45, 2.75) is 13.3 Å². The fourth-order valence-corrected chi connectivity index (χ4v) is 0.129. The molecule has 0 atom stereocenters. The molecule has 0 radical (unpaired) electrons. The van der Waals surface area contributed by atoms with Gasteiger partial charge in [0.15, 0.2) is 0 Å². The Labute approximate surface area is 40.3 Å². The van der Waals surface area contributed by atoms with Crippen LogP contribution < -0.4 is 0 Å². The fraction of sp³-hybridized carbons (Fsp3) is 0.667. The lowest BCUT2D eigenvalue weighted by molar-refractivity contribution is -0.402. The first kappa shape index (κ1) is 6.07. The van der Waals surface area contributed by atoms with E-state index in [1.54, 1.807) is 0 Å². The molecular weight excluding hydrogens is 98.0 g/mol. The SMILES string of the molecule is CCC(=O)[N+](=O)[O-]. The average Bonchev–Trinajstić information content (AvgIpc) is 1.65. The molecule has 0 aliphatic carbocycles. The van der Waals surface area contributed by atoms with Crippen molar-refractivity contribution >= 4 is 5.91 Å². The number of nitro groups is 1. The van der Waals surface area contributed by atoms with Gasteiger partial charge in [-0.15, -0.1) is 0 Å². The summed E-state index contributed by atoms with van der Waals surface area (Å²) in [5.74, 6) is -0.931. The smallest absolute Gasteiger partial charge is 0.256 e. The number of rotatable bonds is 1. The van der Waals surface area contributed by atoms with Gasteiger partial charge in [-0.3, -0.25) is 10.1 Å². The van der Waals surface area contributed by atoms with Crippen molar-refractivity contribution in [1.82, 2.24) is 0 Å². The van der Waals surface area contributed by atoms with E-state index in [4.69, 9.17) is 0 Å². The summed E-state index contributed by atoms with van der Waals surface area (Å²) in [6, 6.07) is 0. The quantitative estimate of drug-likeness (QED) is 0.352. The monoisotopic (exact) mass is 103 g/mol. The number of amides is 1. The van der Waals surface area contributed by atoms with Crippen LogP contribution in [0.3, 0.4) is 0 Å². The summed E-state index contributed by atoms with van der Waals surface area (Å²) < 4.78 is 0. The molecule has 0 fully saturated rings. The lowest BCUT2D eigenvalue weighted by Crippen LogP contribution is -2.08. The highest BCUT2D eigenvalue weighted by Crippen LogP contribution is 1.77. The lowest BCUT2D eigenvalue weighted by atomic mass is 10.5. The molecule has 0 bridgehead atoms. The maximum absolute atomic E-state index is 9.81. The standard InChI is InChI=1S/C3H5NO3/c1-2-3(5)4(6)7/h2H2,1H3. The third kappa shape index (κ3) is 1.86. The molecule has 0 saturated carbocycles. The molecule has 0 unspecified atom stereocenters. The molecule has 0 spiro atoms. The van der Waals surface area contributed by atoms with E-state index in [1.807, 2.05) is 0 Å². The van der Waals surface area contributed by atoms with Crippen molar-refractivity contribution in [3.8, 4) is 0 Å². The zero-order chi connectivity index (χ0) is 5.86. The summed E-state index contributed by atoms with van der Waals surface area (Å²) in [6.45, 7) is 1.45. The topological polar surface area (TPSA) is 60.2 Å². The van der Waals surface area contributed by atoms with Crippen LogP contribution in [0.25, 0.3) is 0 Å². The van der Waals surface area contributed by atoms with Gasteiger partial charge in [-0.05, 0) is 0 Å². The molecule has 0 aromatic carbocycles. The highest BCUT2D eigenvalue weighted by molar-refractivity contribution is 5.66. The Morgan fingerprint density at radius 2 is 2.29 bits per heavy atom. The summed E-state index contributed by atoms with van der Waals surface area (Å²) in [6.07, 6.45) is -0.0208. The van der Waals surface area contributed by atoms with Crippen LogP contribution in [0.15, 0.2) is 0 Å². The van der Waals surface area contributed by atoms with E-state index in [0.717, 1.165) is 0 Å². The summed E-state index contributed by atoms with van der Waals surface area (Å²) in [5, 5.41) is 9.39. The maximum atomic E-state index is 9.81. The molecule has 40 valence electrons. The van der Waals surface area contributed by atoms with Crippen LogP contribution in [0.2, 0.25) is 0 Å². The van der Waals surface area contributed by atoms with Crippen LogP contribution in [-0.2, 0) is 4.79 Å². The Kier molecular flexibility index (Phi) is 1.98. The first-order valence-electron chi connectivity index (χ1n) is 1.85. The zero-order valence-electron chi connectivity index (χ0n) is 3.88. The van der Waals surface area contributed by atoms with E-state index >= 15 is 0 Å². The number of hydrogen-bond donors (Lipinski definition) is 0. The second kappa shape index (κ2) is 2.28. The van der Waals surface area contributed by atoms with Gasteiger partial charge in [0.2, 0.25) is 0 Å². The number of hydrogen-bond acceptors (Lipinski definition) is 3. The number of carbonyl (C=O) groups is 1.